The van der Waals surface area contributed by atoms with Crippen molar-refractivity contribution in [3.63, 3.8) is 0 Å². The van der Waals surface area contributed by atoms with Crippen molar-refractivity contribution < 1.29 is 18.7 Å². The van der Waals surface area contributed by atoms with E-state index >= 15 is 0 Å². The number of rotatable bonds is 2. The van der Waals surface area contributed by atoms with Gasteiger partial charge < -0.3 is 10.0 Å². The first-order chi connectivity index (χ1) is 9.73. The topological polar surface area (TPSA) is 53.4 Å². The van der Waals surface area contributed by atoms with Crippen LogP contribution < -0.4 is 4.90 Å². The number of halogens is 3. The lowest BCUT2D eigenvalue weighted by Crippen LogP contribution is -2.29. The van der Waals surface area contributed by atoms with Gasteiger partial charge in [-0.25, -0.2) is 18.6 Å². The molecule has 1 aliphatic heterocycles. The molecule has 0 bridgehead atoms. The Morgan fingerprint density at radius 1 is 1.33 bits per heavy atom. The number of pyridine rings is 1. The van der Waals surface area contributed by atoms with Crippen LogP contribution in [0.4, 0.5) is 14.6 Å². The van der Waals surface area contributed by atoms with Crippen molar-refractivity contribution in [2.24, 2.45) is 0 Å². The molecule has 0 unspecified atom stereocenters. The minimum atomic E-state index is -2.68. The van der Waals surface area contributed by atoms with Crippen LogP contribution in [0, 0.1) is 13.8 Å². The molecule has 7 heteroatoms. The lowest BCUT2D eigenvalue weighted by molar-refractivity contribution is -0.0102. The van der Waals surface area contributed by atoms with E-state index in [4.69, 9.17) is 0 Å². The van der Waals surface area contributed by atoms with Crippen LogP contribution in [-0.4, -0.2) is 35.1 Å². The predicted octanol–water partition coefficient (Wildman–Crippen LogP) is 3.78. The molecule has 4 nitrogen and oxygen atoms in total. The highest BCUT2D eigenvalue weighted by Gasteiger charge is 2.33. The van der Waals surface area contributed by atoms with E-state index in [-0.39, 0.29) is 24.9 Å². The van der Waals surface area contributed by atoms with E-state index in [0.29, 0.717) is 34.5 Å². The normalized spacial score (nSPS) is 18.4. The highest BCUT2D eigenvalue weighted by Crippen LogP contribution is 2.33. The van der Waals surface area contributed by atoms with E-state index in [0.717, 1.165) is 0 Å². The molecule has 2 rings (SSSR count). The molecule has 21 heavy (non-hydrogen) atoms. The van der Waals surface area contributed by atoms with Gasteiger partial charge in [-0.15, -0.1) is 0 Å². The first kappa shape index (κ1) is 16.1. The number of hydrogen-bond donors (Lipinski definition) is 1. The Labute approximate surface area is 130 Å². The van der Waals surface area contributed by atoms with Crippen molar-refractivity contribution in [1.29, 1.82) is 0 Å². The molecule has 0 aliphatic carbocycles. The van der Waals surface area contributed by atoms with Crippen LogP contribution in [0.15, 0.2) is 4.47 Å². The maximum atomic E-state index is 13.5. The average molecular weight is 363 g/mol. The van der Waals surface area contributed by atoms with Crippen LogP contribution in [0.1, 0.15) is 40.9 Å². The number of aromatic carboxylic acids is 1. The molecular weight excluding hydrogens is 346 g/mol. The maximum absolute atomic E-state index is 13.5. The first-order valence-corrected chi connectivity index (χ1v) is 7.55. The van der Waals surface area contributed by atoms with Crippen LogP contribution in [0.25, 0.3) is 0 Å². The Hall–Kier alpha value is -1.24. The molecule has 0 saturated carbocycles. The molecule has 0 aromatic carbocycles. The van der Waals surface area contributed by atoms with E-state index in [1.54, 1.807) is 18.7 Å². The Bertz CT molecular complexity index is 579. The summed E-state index contributed by atoms with van der Waals surface area (Å²) < 4.78 is 27.6. The summed E-state index contributed by atoms with van der Waals surface area (Å²) in [5.41, 5.74) is 1.31. The summed E-state index contributed by atoms with van der Waals surface area (Å²) in [5.74, 6) is -3.48. The lowest BCUT2D eigenvalue weighted by Gasteiger charge is -2.25. The molecule has 1 saturated heterocycles. The number of aryl methyl sites for hydroxylation is 1. The van der Waals surface area contributed by atoms with Crippen molar-refractivity contribution in [2.45, 2.75) is 39.0 Å². The molecule has 1 aromatic rings. The fourth-order valence-electron chi connectivity index (χ4n) is 2.57. The second-order valence-electron chi connectivity index (χ2n) is 5.34. The van der Waals surface area contributed by atoms with Gasteiger partial charge in [0.05, 0.1) is 5.69 Å². The third-order valence-corrected chi connectivity index (χ3v) is 4.92. The monoisotopic (exact) mass is 362 g/mol. The quantitative estimate of drug-likeness (QED) is 0.869. The number of nitrogens with zero attached hydrogens (tertiary/aromatic N) is 2. The summed E-state index contributed by atoms with van der Waals surface area (Å²) in [6.45, 7) is 3.96. The third-order valence-electron chi connectivity index (χ3n) is 3.75. The summed E-state index contributed by atoms with van der Waals surface area (Å²) in [5, 5.41) is 9.43. The number of alkyl halides is 2. The number of aromatic nitrogens is 1. The fourth-order valence-corrected chi connectivity index (χ4v) is 2.86. The lowest BCUT2D eigenvalue weighted by atomic mass is 10.1. The van der Waals surface area contributed by atoms with Gasteiger partial charge in [0.25, 0.3) is 0 Å². The zero-order chi connectivity index (χ0) is 15.8. The van der Waals surface area contributed by atoms with Gasteiger partial charge >= 0.3 is 5.97 Å². The second kappa shape index (κ2) is 5.87. The van der Waals surface area contributed by atoms with E-state index in [1.165, 1.54) is 0 Å². The highest BCUT2D eigenvalue weighted by atomic mass is 79.9. The van der Waals surface area contributed by atoms with Crippen molar-refractivity contribution in [3.05, 3.63) is 21.3 Å². The molecule has 0 spiro atoms. The number of carbonyl (C=O) groups is 1. The van der Waals surface area contributed by atoms with Gasteiger partial charge in [0.15, 0.2) is 0 Å². The SMILES string of the molecule is Cc1nc(N2CCCC(F)(F)CC2)c(C(=O)O)c(C)c1Br. The van der Waals surface area contributed by atoms with Gasteiger partial charge in [0, 0.05) is 30.4 Å². The molecule has 1 fully saturated rings. The molecule has 0 amide bonds. The largest absolute Gasteiger partial charge is 0.478 e. The molecule has 0 radical (unpaired) electrons. The Morgan fingerprint density at radius 3 is 2.62 bits per heavy atom. The van der Waals surface area contributed by atoms with E-state index in [9.17, 15) is 18.7 Å². The van der Waals surface area contributed by atoms with Crippen molar-refractivity contribution in [3.8, 4) is 0 Å². The molecule has 2 heterocycles. The standard InChI is InChI=1S/C14H17BrF2N2O2/c1-8-10(13(20)21)12(18-9(2)11(8)15)19-6-3-4-14(16,17)5-7-19/h3-7H2,1-2H3,(H,20,21). The number of carboxylic acids is 1. The van der Waals surface area contributed by atoms with Gasteiger partial charge in [-0.3, -0.25) is 0 Å². The van der Waals surface area contributed by atoms with E-state index in [1.807, 2.05) is 0 Å². The van der Waals surface area contributed by atoms with Crippen molar-refractivity contribution >= 4 is 27.7 Å². The van der Waals surface area contributed by atoms with Gasteiger partial charge in [-0.05, 0) is 41.8 Å². The molecule has 1 aliphatic rings. The molecule has 0 atom stereocenters. The predicted molar refractivity (Wildman–Crippen MR) is 79.4 cm³/mol. The van der Waals surface area contributed by atoms with Gasteiger partial charge in [0.1, 0.15) is 11.4 Å². The van der Waals surface area contributed by atoms with Crippen molar-refractivity contribution in [1.82, 2.24) is 4.98 Å². The van der Waals surface area contributed by atoms with Gasteiger partial charge in [0.2, 0.25) is 5.92 Å². The molecule has 116 valence electrons. The summed E-state index contributed by atoms with van der Waals surface area (Å²) in [4.78, 5) is 17.5. The smallest absolute Gasteiger partial charge is 0.339 e. The number of carboxylic acid groups (broad SMARTS) is 1. The average Bonchev–Trinajstić information content (AvgIpc) is 2.56. The van der Waals surface area contributed by atoms with Gasteiger partial charge in [-0.2, -0.15) is 0 Å². The van der Waals surface area contributed by atoms with E-state index < -0.39 is 11.9 Å². The van der Waals surface area contributed by atoms with E-state index in [2.05, 4.69) is 20.9 Å². The second-order valence-corrected chi connectivity index (χ2v) is 6.13. The van der Waals surface area contributed by atoms with Crippen LogP contribution in [0.2, 0.25) is 0 Å². The summed E-state index contributed by atoms with van der Waals surface area (Å²) in [6, 6.07) is 0. The number of hydrogen-bond acceptors (Lipinski definition) is 3. The molecule has 1 aromatic heterocycles. The van der Waals surface area contributed by atoms with Gasteiger partial charge in [-0.1, -0.05) is 0 Å². The van der Waals surface area contributed by atoms with Crippen LogP contribution in [0.5, 0.6) is 0 Å². The Balaban J connectivity index is 2.46. The molecular formula is C14H17BrF2N2O2. The summed E-state index contributed by atoms with van der Waals surface area (Å²) >= 11 is 3.33. The Morgan fingerprint density at radius 2 is 2.00 bits per heavy atom. The first-order valence-electron chi connectivity index (χ1n) is 6.76. The Kier molecular flexibility index (Phi) is 4.51. The van der Waals surface area contributed by atoms with Crippen LogP contribution in [-0.2, 0) is 0 Å². The summed E-state index contributed by atoms with van der Waals surface area (Å²) in [6.07, 6.45) is -0.121. The maximum Gasteiger partial charge on any atom is 0.339 e. The molecule has 1 N–H and O–H groups in total. The minimum absolute atomic E-state index is 0.0812. The summed E-state index contributed by atoms with van der Waals surface area (Å²) in [7, 11) is 0. The fraction of sp³-hybridized carbons (Fsp3) is 0.571. The third kappa shape index (κ3) is 3.33. The minimum Gasteiger partial charge on any atom is -0.478 e. The van der Waals surface area contributed by atoms with Crippen LogP contribution >= 0.6 is 15.9 Å². The zero-order valence-electron chi connectivity index (χ0n) is 11.9. The highest BCUT2D eigenvalue weighted by molar-refractivity contribution is 9.10. The van der Waals surface area contributed by atoms with Crippen molar-refractivity contribution in [2.75, 3.05) is 18.0 Å². The van der Waals surface area contributed by atoms with Crippen LogP contribution in [0.3, 0.4) is 0 Å². The zero-order valence-corrected chi connectivity index (χ0v) is 13.5. The number of anilines is 1.